The summed E-state index contributed by atoms with van der Waals surface area (Å²) in [6.07, 6.45) is 0. The van der Waals surface area contributed by atoms with Gasteiger partial charge in [-0.25, -0.2) is 17.5 Å². The van der Waals surface area contributed by atoms with Crippen LogP contribution in [0.15, 0.2) is 65.6 Å². The summed E-state index contributed by atoms with van der Waals surface area (Å²) in [4.78, 5) is 14.2. The molecule has 6 heteroatoms. The lowest BCUT2D eigenvalue weighted by atomic mass is 10.3. The van der Waals surface area contributed by atoms with Crippen molar-refractivity contribution in [3.05, 3.63) is 60.7 Å². The van der Waals surface area contributed by atoms with Crippen LogP contribution in [-0.4, -0.2) is 31.3 Å². The molecule has 2 aromatic rings. The highest BCUT2D eigenvalue weighted by Crippen LogP contribution is 2.28. The fourth-order valence-electron chi connectivity index (χ4n) is 2.59. The highest BCUT2D eigenvalue weighted by atomic mass is 32.2. The second-order valence-electron chi connectivity index (χ2n) is 5.19. The molecule has 0 aliphatic carbocycles. The minimum absolute atomic E-state index is 0.130. The molecule has 0 saturated carbocycles. The van der Waals surface area contributed by atoms with Gasteiger partial charge in [-0.1, -0.05) is 36.4 Å². The molecule has 0 N–H and O–H groups in total. The summed E-state index contributed by atoms with van der Waals surface area (Å²) in [5.74, 6) is 0. The summed E-state index contributed by atoms with van der Waals surface area (Å²) in [5, 5.41) is 0. The molecule has 2 amide bonds. The Kier molecular flexibility index (Phi) is 3.62. The third-order valence-electron chi connectivity index (χ3n) is 3.63. The lowest BCUT2D eigenvalue weighted by Gasteiger charge is -2.20. The number of sulfonamides is 1. The van der Waals surface area contributed by atoms with Crippen molar-refractivity contribution in [2.24, 2.45) is 0 Å². The first-order valence-corrected chi connectivity index (χ1v) is 8.42. The molecular weight excluding hydrogens is 300 g/mol. The molecule has 114 valence electrons. The maximum absolute atomic E-state index is 12.7. The van der Waals surface area contributed by atoms with Crippen molar-refractivity contribution in [2.75, 3.05) is 11.4 Å². The Bertz CT molecular complexity index is 776. The van der Waals surface area contributed by atoms with E-state index in [1.807, 2.05) is 18.2 Å². The van der Waals surface area contributed by atoms with Crippen molar-refractivity contribution in [1.29, 1.82) is 0 Å². The molecule has 22 heavy (non-hydrogen) atoms. The minimum Gasteiger partial charge on any atom is -0.291 e. The monoisotopic (exact) mass is 316 g/mol. The number of carbonyl (C=O) groups is 1. The summed E-state index contributed by atoms with van der Waals surface area (Å²) in [6.45, 7) is 2.08. The predicted molar refractivity (Wildman–Crippen MR) is 84.1 cm³/mol. The van der Waals surface area contributed by atoms with Crippen molar-refractivity contribution < 1.29 is 13.2 Å². The third kappa shape index (κ3) is 2.35. The number of amides is 2. The molecule has 0 radical (unpaired) electrons. The smallest absolute Gasteiger partial charge is 0.291 e. The second-order valence-corrected chi connectivity index (χ2v) is 7.01. The number of urea groups is 1. The average molecular weight is 316 g/mol. The highest BCUT2D eigenvalue weighted by Gasteiger charge is 2.43. The van der Waals surface area contributed by atoms with E-state index in [2.05, 4.69) is 0 Å². The van der Waals surface area contributed by atoms with Gasteiger partial charge in [0.1, 0.15) is 0 Å². The van der Waals surface area contributed by atoms with Crippen LogP contribution in [-0.2, 0) is 10.0 Å². The molecule has 1 fully saturated rings. The van der Waals surface area contributed by atoms with Crippen molar-refractivity contribution in [1.82, 2.24) is 4.31 Å². The summed E-state index contributed by atoms with van der Waals surface area (Å²) < 4.78 is 26.4. The van der Waals surface area contributed by atoms with Crippen LogP contribution < -0.4 is 4.90 Å². The van der Waals surface area contributed by atoms with Crippen molar-refractivity contribution in [3.63, 3.8) is 0 Å². The van der Waals surface area contributed by atoms with Crippen LogP contribution in [0.4, 0.5) is 10.5 Å². The minimum atomic E-state index is -3.84. The molecule has 3 rings (SSSR count). The number of nitrogens with zero attached hydrogens (tertiary/aromatic N) is 2. The summed E-state index contributed by atoms with van der Waals surface area (Å²) >= 11 is 0. The van der Waals surface area contributed by atoms with E-state index < -0.39 is 22.1 Å². The van der Waals surface area contributed by atoms with E-state index in [-0.39, 0.29) is 4.90 Å². The normalized spacial score (nSPS) is 18.8. The van der Waals surface area contributed by atoms with Crippen molar-refractivity contribution >= 4 is 21.7 Å². The molecule has 0 bridgehead atoms. The van der Waals surface area contributed by atoms with Crippen LogP contribution in [0.25, 0.3) is 0 Å². The molecule has 0 aromatic heterocycles. The number of para-hydroxylation sites is 1. The largest absolute Gasteiger partial charge is 0.338 e. The zero-order valence-electron chi connectivity index (χ0n) is 12.1. The Morgan fingerprint density at radius 1 is 0.955 bits per heavy atom. The van der Waals surface area contributed by atoms with Gasteiger partial charge in [0.05, 0.1) is 10.9 Å². The van der Waals surface area contributed by atoms with Crippen LogP contribution in [0.5, 0.6) is 0 Å². The summed E-state index contributed by atoms with van der Waals surface area (Å²) in [6, 6.07) is 16.2. The number of hydrogen-bond donors (Lipinski definition) is 0. The number of benzene rings is 2. The van der Waals surface area contributed by atoms with E-state index in [0.717, 1.165) is 4.31 Å². The topological polar surface area (TPSA) is 57.7 Å². The fraction of sp³-hybridized carbons (Fsp3) is 0.188. The van der Waals surface area contributed by atoms with Gasteiger partial charge < -0.3 is 0 Å². The Labute approximate surface area is 129 Å². The summed E-state index contributed by atoms with van der Waals surface area (Å²) in [5.41, 5.74) is 0.699. The summed E-state index contributed by atoms with van der Waals surface area (Å²) in [7, 11) is -3.84. The number of rotatable bonds is 3. The first-order valence-electron chi connectivity index (χ1n) is 6.98. The molecule has 1 heterocycles. The number of hydrogen-bond acceptors (Lipinski definition) is 3. The van der Waals surface area contributed by atoms with E-state index in [4.69, 9.17) is 0 Å². The van der Waals surface area contributed by atoms with E-state index in [9.17, 15) is 13.2 Å². The zero-order valence-corrected chi connectivity index (χ0v) is 12.9. The van der Waals surface area contributed by atoms with Crippen LogP contribution in [0.1, 0.15) is 6.92 Å². The van der Waals surface area contributed by atoms with Gasteiger partial charge in [-0.2, -0.15) is 0 Å². The van der Waals surface area contributed by atoms with Gasteiger partial charge in [0.2, 0.25) is 0 Å². The van der Waals surface area contributed by atoms with Crippen molar-refractivity contribution in [3.8, 4) is 0 Å². The SMILES string of the molecule is CC1CN(c2ccccc2)C(=O)N1S(=O)(=O)c1ccccc1. The standard InChI is InChI=1S/C16H16N2O3S/c1-13-12-17(14-8-4-2-5-9-14)16(19)18(13)22(20,21)15-10-6-3-7-11-15/h2-11,13H,12H2,1H3. The Morgan fingerprint density at radius 2 is 1.50 bits per heavy atom. The van der Waals surface area contributed by atoms with Crippen LogP contribution in [0.2, 0.25) is 0 Å². The molecule has 1 aliphatic rings. The number of carbonyl (C=O) groups excluding carboxylic acids is 1. The van der Waals surface area contributed by atoms with Gasteiger partial charge in [0.25, 0.3) is 10.0 Å². The fourth-order valence-corrected chi connectivity index (χ4v) is 4.17. The first-order chi connectivity index (χ1) is 10.5. The van der Waals surface area contributed by atoms with Gasteiger partial charge in [-0.15, -0.1) is 0 Å². The second kappa shape index (κ2) is 5.46. The molecule has 1 atom stereocenters. The molecule has 1 saturated heterocycles. The predicted octanol–water partition coefficient (Wildman–Crippen LogP) is 2.71. The van der Waals surface area contributed by atoms with Crippen LogP contribution in [0, 0.1) is 0 Å². The maximum Gasteiger partial charge on any atom is 0.338 e. The lowest BCUT2D eigenvalue weighted by Crippen LogP contribution is -2.39. The molecule has 1 unspecified atom stereocenters. The zero-order chi connectivity index (χ0) is 15.7. The van der Waals surface area contributed by atoms with Gasteiger partial charge in [-0.3, -0.25) is 4.90 Å². The van der Waals surface area contributed by atoms with Gasteiger partial charge in [0, 0.05) is 12.2 Å². The maximum atomic E-state index is 12.7. The lowest BCUT2D eigenvalue weighted by molar-refractivity contribution is 0.235. The van der Waals surface area contributed by atoms with E-state index in [1.165, 1.54) is 17.0 Å². The van der Waals surface area contributed by atoms with Crippen molar-refractivity contribution in [2.45, 2.75) is 17.9 Å². The van der Waals surface area contributed by atoms with E-state index in [1.54, 1.807) is 37.3 Å². The molecule has 0 spiro atoms. The molecule has 5 nitrogen and oxygen atoms in total. The van der Waals surface area contributed by atoms with Crippen LogP contribution >= 0.6 is 0 Å². The number of anilines is 1. The molecule has 1 aliphatic heterocycles. The quantitative estimate of drug-likeness (QED) is 0.875. The third-order valence-corrected chi connectivity index (χ3v) is 5.54. The van der Waals surface area contributed by atoms with E-state index >= 15 is 0 Å². The first kappa shape index (κ1) is 14.6. The van der Waals surface area contributed by atoms with E-state index in [0.29, 0.717) is 12.2 Å². The highest BCUT2D eigenvalue weighted by molar-refractivity contribution is 7.89. The Balaban J connectivity index is 1.97. The Hall–Kier alpha value is -2.34. The van der Waals surface area contributed by atoms with Gasteiger partial charge in [-0.05, 0) is 31.2 Å². The van der Waals surface area contributed by atoms with Crippen LogP contribution in [0.3, 0.4) is 0 Å². The Morgan fingerprint density at radius 3 is 2.09 bits per heavy atom. The molecular formula is C16H16N2O3S. The van der Waals surface area contributed by atoms with Gasteiger partial charge >= 0.3 is 6.03 Å². The van der Waals surface area contributed by atoms with Gasteiger partial charge in [0.15, 0.2) is 0 Å². The molecule has 2 aromatic carbocycles. The average Bonchev–Trinajstić information content (AvgIpc) is 2.84.